The van der Waals surface area contributed by atoms with E-state index < -0.39 is 15.8 Å². The zero-order valence-electron chi connectivity index (χ0n) is 13.2. The Labute approximate surface area is 141 Å². The Bertz CT molecular complexity index is 843. The minimum absolute atomic E-state index is 0.00823. The third-order valence-electron chi connectivity index (χ3n) is 3.33. The zero-order chi connectivity index (χ0) is 17.6. The van der Waals surface area contributed by atoms with E-state index in [4.69, 9.17) is 5.26 Å². The molecule has 0 aliphatic heterocycles. The van der Waals surface area contributed by atoms with Crippen LogP contribution >= 0.6 is 0 Å². The molecule has 0 spiro atoms. The molecule has 0 saturated carbocycles. The second-order valence-corrected chi connectivity index (χ2v) is 6.86. The molecule has 5 nitrogen and oxygen atoms in total. The van der Waals surface area contributed by atoms with Crippen molar-refractivity contribution in [2.45, 2.75) is 24.7 Å². The van der Waals surface area contributed by atoms with Crippen molar-refractivity contribution in [2.75, 3.05) is 16.6 Å². The number of halogens is 1. The molecule has 0 heterocycles. The van der Waals surface area contributed by atoms with E-state index in [0.29, 0.717) is 17.8 Å². The quantitative estimate of drug-likeness (QED) is 0.803. The molecule has 126 valence electrons. The Hall–Kier alpha value is -2.59. The first-order chi connectivity index (χ1) is 11.5. The van der Waals surface area contributed by atoms with E-state index in [9.17, 15) is 12.8 Å². The van der Waals surface area contributed by atoms with Gasteiger partial charge in [-0.1, -0.05) is 25.1 Å². The summed E-state index contributed by atoms with van der Waals surface area (Å²) in [6.07, 6.45) is 1.02. The van der Waals surface area contributed by atoms with E-state index >= 15 is 0 Å². The maximum atomic E-state index is 14.1. The molecule has 0 saturated heterocycles. The maximum absolute atomic E-state index is 14.1. The third kappa shape index (κ3) is 4.24. The molecule has 0 aliphatic carbocycles. The number of benzene rings is 2. The van der Waals surface area contributed by atoms with Gasteiger partial charge in [0.25, 0.3) is 10.0 Å². The summed E-state index contributed by atoms with van der Waals surface area (Å²) in [6.45, 7) is 2.56. The lowest BCUT2D eigenvalue weighted by atomic mass is 10.2. The molecule has 0 radical (unpaired) electrons. The van der Waals surface area contributed by atoms with Crippen LogP contribution in [-0.4, -0.2) is 15.0 Å². The fourth-order valence-electron chi connectivity index (χ4n) is 2.11. The summed E-state index contributed by atoms with van der Waals surface area (Å²) in [5.74, 6) is -0.652. The highest BCUT2D eigenvalue weighted by Crippen LogP contribution is 2.27. The van der Waals surface area contributed by atoms with Crippen LogP contribution in [0.3, 0.4) is 0 Å². The molecule has 2 N–H and O–H groups in total. The third-order valence-corrected chi connectivity index (χ3v) is 4.70. The molecule has 24 heavy (non-hydrogen) atoms. The van der Waals surface area contributed by atoms with Gasteiger partial charge in [-0.3, -0.25) is 4.72 Å². The monoisotopic (exact) mass is 347 g/mol. The molecule has 2 aromatic rings. The SMILES string of the molecule is CCCNc1cccc(F)c1NS(=O)(=O)c1ccc(CC#N)cc1. The number of rotatable bonds is 7. The number of nitrogens with zero attached hydrogens (tertiary/aromatic N) is 1. The van der Waals surface area contributed by atoms with Crippen molar-refractivity contribution in [3.8, 4) is 6.07 Å². The summed E-state index contributed by atoms with van der Waals surface area (Å²) >= 11 is 0. The van der Waals surface area contributed by atoms with E-state index in [0.717, 1.165) is 6.42 Å². The largest absolute Gasteiger partial charge is 0.383 e. The van der Waals surface area contributed by atoms with Gasteiger partial charge in [0.2, 0.25) is 0 Å². The predicted octanol–water partition coefficient (Wildman–Crippen LogP) is 3.51. The molecule has 2 rings (SSSR count). The Morgan fingerprint density at radius 1 is 1.17 bits per heavy atom. The number of nitriles is 1. The number of para-hydroxylation sites is 1. The van der Waals surface area contributed by atoms with Crippen LogP contribution < -0.4 is 10.0 Å². The molecule has 2 aromatic carbocycles. The topological polar surface area (TPSA) is 82.0 Å². The van der Waals surface area contributed by atoms with Crippen molar-refractivity contribution in [1.29, 1.82) is 5.26 Å². The highest BCUT2D eigenvalue weighted by molar-refractivity contribution is 7.92. The first-order valence-electron chi connectivity index (χ1n) is 7.49. The van der Waals surface area contributed by atoms with Crippen LogP contribution in [0.15, 0.2) is 47.4 Å². The second kappa shape index (κ2) is 7.79. The van der Waals surface area contributed by atoms with Gasteiger partial charge >= 0.3 is 0 Å². The molecule has 7 heteroatoms. The number of hydrogen-bond acceptors (Lipinski definition) is 4. The van der Waals surface area contributed by atoms with Gasteiger partial charge in [0, 0.05) is 6.54 Å². The lowest BCUT2D eigenvalue weighted by Crippen LogP contribution is -2.16. The Balaban J connectivity index is 2.30. The van der Waals surface area contributed by atoms with Crippen molar-refractivity contribution in [2.24, 2.45) is 0 Å². The summed E-state index contributed by atoms with van der Waals surface area (Å²) in [5, 5.41) is 11.6. The van der Waals surface area contributed by atoms with E-state index in [1.165, 1.54) is 24.3 Å². The minimum Gasteiger partial charge on any atom is -0.383 e. The standard InChI is InChI=1S/C17H18FN3O2S/c1-2-12-20-16-5-3-4-15(18)17(16)21-24(22,23)14-8-6-13(7-9-14)10-11-19/h3-9,20-21H,2,10,12H2,1H3. The molecular weight excluding hydrogens is 329 g/mol. The van der Waals surface area contributed by atoms with Crippen LogP contribution in [0, 0.1) is 17.1 Å². The van der Waals surface area contributed by atoms with E-state index in [2.05, 4.69) is 10.0 Å². The number of nitrogens with one attached hydrogen (secondary N) is 2. The molecule has 0 amide bonds. The zero-order valence-corrected chi connectivity index (χ0v) is 14.0. The van der Waals surface area contributed by atoms with Crippen molar-refractivity contribution in [3.63, 3.8) is 0 Å². The van der Waals surface area contributed by atoms with Crippen LogP contribution in [0.2, 0.25) is 0 Å². The van der Waals surface area contributed by atoms with Gasteiger partial charge in [0.1, 0.15) is 11.5 Å². The fraction of sp³-hybridized carbons (Fsp3) is 0.235. The van der Waals surface area contributed by atoms with E-state index in [1.54, 1.807) is 18.2 Å². The van der Waals surface area contributed by atoms with Crippen molar-refractivity contribution in [3.05, 3.63) is 53.8 Å². The van der Waals surface area contributed by atoms with Gasteiger partial charge in [0.15, 0.2) is 0 Å². The highest BCUT2D eigenvalue weighted by atomic mass is 32.2. The lowest BCUT2D eigenvalue weighted by molar-refractivity contribution is 0.598. The lowest BCUT2D eigenvalue weighted by Gasteiger charge is -2.15. The second-order valence-electron chi connectivity index (χ2n) is 5.17. The average Bonchev–Trinajstić information content (AvgIpc) is 2.56. The van der Waals surface area contributed by atoms with Crippen LogP contribution in [0.1, 0.15) is 18.9 Å². The van der Waals surface area contributed by atoms with Gasteiger partial charge in [0.05, 0.1) is 23.1 Å². The normalized spacial score (nSPS) is 10.9. The van der Waals surface area contributed by atoms with Crippen molar-refractivity contribution < 1.29 is 12.8 Å². The molecule has 0 aliphatic rings. The molecule has 0 atom stereocenters. The summed E-state index contributed by atoms with van der Waals surface area (Å²) in [6, 6.07) is 12.3. The average molecular weight is 347 g/mol. The van der Waals surface area contributed by atoms with E-state index in [1.807, 2.05) is 13.0 Å². The van der Waals surface area contributed by atoms with E-state index in [-0.39, 0.29) is 17.0 Å². The Morgan fingerprint density at radius 3 is 2.50 bits per heavy atom. The smallest absolute Gasteiger partial charge is 0.262 e. The first kappa shape index (κ1) is 17.8. The summed E-state index contributed by atoms with van der Waals surface area (Å²) < 4.78 is 41.3. The molecule has 0 bridgehead atoms. The summed E-state index contributed by atoms with van der Waals surface area (Å²) in [7, 11) is -3.93. The molecule has 0 fully saturated rings. The van der Waals surface area contributed by atoms with Crippen LogP contribution in [0.4, 0.5) is 15.8 Å². The van der Waals surface area contributed by atoms with Crippen LogP contribution in [0.5, 0.6) is 0 Å². The molecule has 0 unspecified atom stereocenters. The summed E-state index contributed by atoms with van der Waals surface area (Å²) in [5.41, 5.74) is 1.00. The first-order valence-corrected chi connectivity index (χ1v) is 8.97. The summed E-state index contributed by atoms with van der Waals surface area (Å²) in [4.78, 5) is 0.00823. The number of hydrogen-bond donors (Lipinski definition) is 2. The van der Waals surface area contributed by atoms with Gasteiger partial charge in [-0.05, 0) is 36.2 Å². The Morgan fingerprint density at radius 2 is 1.88 bits per heavy atom. The van der Waals surface area contributed by atoms with Crippen molar-refractivity contribution >= 4 is 21.4 Å². The van der Waals surface area contributed by atoms with Gasteiger partial charge < -0.3 is 5.32 Å². The molecular formula is C17H18FN3O2S. The molecule has 0 aromatic heterocycles. The highest BCUT2D eigenvalue weighted by Gasteiger charge is 2.18. The van der Waals surface area contributed by atoms with Gasteiger partial charge in [-0.2, -0.15) is 5.26 Å². The van der Waals surface area contributed by atoms with Crippen LogP contribution in [-0.2, 0) is 16.4 Å². The predicted molar refractivity (Wildman–Crippen MR) is 91.7 cm³/mol. The maximum Gasteiger partial charge on any atom is 0.262 e. The Kier molecular flexibility index (Phi) is 5.77. The van der Waals surface area contributed by atoms with Crippen LogP contribution in [0.25, 0.3) is 0 Å². The fourth-order valence-corrected chi connectivity index (χ4v) is 3.19. The number of anilines is 2. The minimum atomic E-state index is -3.93. The van der Waals surface area contributed by atoms with Gasteiger partial charge in [-0.25, -0.2) is 12.8 Å². The van der Waals surface area contributed by atoms with Gasteiger partial charge in [-0.15, -0.1) is 0 Å². The number of sulfonamides is 1. The van der Waals surface area contributed by atoms with Crippen molar-refractivity contribution in [1.82, 2.24) is 0 Å².